The maximum Gasteiger partial charge on any atom is 0.309 e. The fourth-order valence-electron chi connectivity index (χ4n) is 2.04. The molecule has 0 aliphatic carbocycles. The molecular formula is C13H24O3. The van der Waals surface area contributed by atoms with E-state index in [1.54, 1.807) is 13.8 Å². The van der Waals surface area contributed by atoms with Crippen LogP contribution in [-0.2, 0) is 14.3 Å². The molecule has 0 aromatic rings. The van der Waals surface area contributed by atoms with Crippen molar-refractivity contribution in [3.8, 4) is 0 Å². The summed E-state index contributed by atoms with van der Waals surface area (Å²) < 4.78 is 5.04. The van der Waals surface area contributed by atoms with Crippen molar-refractivity contribution in [1.82, 2.24) is 0 Å². The minimum Gasteiger partial charge on any atom is -0.466 e. The first-order valence-electron chi connectivity index (χ1n) is 6.25. The number of hydrogen-bond donors (Lipinski definition) is 0. The summed E-state index contributed by atoms with van der Waals surface area (Å²) in [6, 6.07) is 0. The molecule has 0 saturated heterocycles. The first kappa shape index (κ1) is 15.1. The molecule has 0 radical (unpaired) electrons. The molecule has 2 unspecified atom stereocenters. The van der Waals surface area contributed by atoms with Crippen molar-refractivity contribution < 1.29 is 14.3 Å². The predicted octanol–water partition coefficient (Wildman–Crippen LogP) is 2.97. The van der Waals surface area contributed by atoms with E-state index in [4.69, 9.17) is 4.74 Å². The molecule has 0 aliphatic rings. The Labute approximate surface area is 98.6 Å². The molecule has 0 heterocycles. The fraction of sp³-hybridized carbons (Fsp3) is 0.846. The SMILES string of the molecule is CCCC(C(C)=O)C(CCC)C(=O)OCC. The Kier molecular flexibility index (Phi) is 7.86. The highest BCUT2D eigenvalue weighted by atomic mass is 16.5. The molecule has 0 aromatic heterocycles. The molecule has 0 aliphatic heterocycles. The van der Waals surface area contributed by atoms with Crippen LogP contribution in [0, 0.1) is 11.8 Å². The summed E-state index contributed by atoms with van der Waals surface area (Å²) in [6.45, 7) is 7.81. The largest absolute Gasteiger partial charge is 0.466 e. The summed E-state index contributed by atoms with van der Waals surface area (Å²) in [6.07, 6.45) is 3.34. The van der Waals surface area contributed by atoms with E-state index in [0.717, 1.165) is 25.7 Å². The molecule has 16 heavy (non-hydrogen) atoms. The molecule has 0 aromatic carbocycles. The molecule has 0 amide bonds. The van der Waals surface area contributed by atoms with Crippen LogP contribution in [0.2, 0.25) is 0 Å². The highest BCUT2D eigenvalue weighted by Gasteiger charge is 2.31. The normalized spacial score (nSPS) is 14.2. The standard InChI is InChI=1S/C13H24O3/c1-5-8-11(10(4)14)12(9-6-2)13(15)16-7-3/h11-12H,5-9H2,1-4H3. The Hall–Kier alpha value is -0.860. The number of carbonyl (C=O) groups excluding carboxylic acids is 2. The van der Waals surface area contributed by atoms with Crippen LogP contribution in [0.4, 0.5) is 0 Å². The Balaban J connectivity index is 4.68. The zero-order chi connectivity index (χ0) is 12.6. The Morgan fingerprint density at radius 1 is 1.00 bits per heavy atom. The third-order valence-electron chi connectivity index (χ3n) is 2.80. The van der Waals surface area contributed by atoms with Crippen LogP contribution in [0.15, 0.2) is 0 Å². The lowest BCUT2D eigenvalue weighted by Gasteiger charge is -2.22. The zero-order valence-electron chi connectivity index (χ0n) is 10.9. The minimum absolute atomic E-state index is 0.105. The number of carbonyl (C=O) groups is 2. The molecule has 94 valence electrons. The molecule has 0 rings (SSSR count). The van der Waals surface area contributed by atoms with Gasteiger partial charge in [0.1, 0.15) is 5.78 Å². The predicted molar refractivity (Wildman–Crippen MR) is 64.1 cm³/mol. The van der Waals surface area contributed by atoms with E-state index in [9.17, 15) is 9.59 Å². The van der Waals surface area contributed by atoms with Crippen molar-refractivity contribution in [2.24, 2.45) is 11.8 Å². The van der Waals surface area contributed by atoms with E-state index < -0.39 is 0 Å². The van der Waals surface area contributed by atoms with Crippen LogP contribution in [-0.4, -0.2) is 18.4 Å². The number of hydrogen-bond acceptors (Lipinski definition) is 3. The van der Waals surface area contributed by atoms with Gasteiger partial charge in [-0.25, -0.2) is 0 Å². The van der Waals surface area contributed by atoms with Crippen molar-refractivity contribution in [2.45, 2.75) is 53.4 Å². The van der Waals surface area contributed by atoms with Crippen molar-refractivity contribution in [1.29, 1.82) is 0 Å². The van der Waals surface area contributed by atoms with Crippen molar-refractivity contribution in [3.05, 3.63) is 0 Å². The van der Waals surface area contributed by atoms with Gasteiger partial charge in [-0.15, -0.1) is 0 Å². The maximum atomic E-state index is 11.8. The molecule has 2 atom stereocenters. The van der Waals surface area contributed by atoms with Gasteiger partial charge in [0.15, 0.2) is 0 Å². The first-order chi connectivity index (χ1) is 7.58. The number of ether oxygens (including phenoxy) is 1. The molecule has 0 fully saturated rings. The van der Waals surface area contributed by atoms with E-state index in [1.807, 2.05) is 13.8 Å². The van der Waals surface area contributed by atoms with Gasteiger partial charge in [0.2, 0.25) is 0 Å². The van der Waals surface area contributed by atoms with Gasteiger partial charge in [-0.3, -0.25) is 9.59 Å². The second-order valence-corrected chi connectivity index (χ2v) is 4.15. The fourth-order valence-corrected chi connectivity index (χ4v) is 2.04. The Morgan fingerprint density at radius 3 is 1.88 bits per heavy atom. The highest BCUT2D eigenvalue weighted by molar-refractivity contribution is 5.85. The average molecular weight is 228 g/mol. The van der Waals surface area contributed by atoms with Gasteiger partial charge in [0.05, 0.1) is 12.5 Å². The smallest absolute Gasteiger partial charge is 0.309 e. The lowest BCUT2D eigenvalue weighted by molar-refractivity contribution is -0.152. The van der Waals surface area contributed by atoms with Gasteiger partial charge in [0.25, 0.3) is 0 Å². The van der Waals surface area contributed by atoms with Crippen LogP contribution in [0.25, 0.3) is 0 Å². The summed E-state index contributed by atoms with van der Waals surface area (Å²) in [7, 11) is 0. The van der Waals surface area contributed by atoms with Gasteiger partial charge < -0.3 is 4.74 Å². The molecule has 0 bridgehead atoms. The number of rotatable bonds is 8. The third-order valence-corrected chi connectivity index (χ3v) is 2.80. The number of esters is 1. The van der Waals surface area contributed by atoms with Crippen LogP contribution in [0.1, 0.15) is 53.4 Å². The van der Waals surface area contributed by atoms with Gasteiger partial charge in [-0.05, 0) is 26.7 Å². The van der Waals surface area contributed by atoms with Crippen molar-refractivity contribution in [2.75, 3.05) is 6.61 Å². The topological polar surface area (TPSA) is 43.4 Å². The second-order valence-electron chi connectivity index (χ2n) is 4.15. The molecule has 0 N–H and O–H groups in total. The summed E-state index contributed by atoms with van der Waals surface area (Å²) in [4.78, 5) is 23.3. The average Bonchev–Trinajstić information content (AvgIpc) is 2.23. The zero-order valence-corrected chi connectivity index (χ0v) is 10.9. The van der Waals surface area contributed by atoms with Crippen molar-refractivity contribution >= 4 is 11.8 Å². The summed E-state index contributed by atoms with van der Waals surface area (Å²) in [5.74, 6) is -0.516. The Morgan fingerprint density at radius 2 is 1.50 bits per heavy atom. The van der Waals surface area contributed by atoms with E-state index in [1.165, 1.54) is 0 Å². The monoisotopic (exact) mass is 228 g/mol. The van der Waals surface area contributed by atoms with Crippen LogP contribution in [0.3, 0.4) is 0 Å². The maximum absolute atomic E-state index is 11.8. The van der Waals surface area contributed by atoms with Gasteiger partial charge in [-0.2, -0.15) is 0 Å². The third kappa shape index (κ3) is 4.77. The van der Waals surface area contributed by atoms with E-state index in [-0.39, 0.29) is 23.6 Å². The molecule has 0 saturated carbocycles. The lowest BCUT2D eigenvalue weighted by Crippen LogP contribution is -2.30. The molecule has 3 nitrogen and oxygen atoms in total. The molecular weight excluding hydrogens is 204 g/mol. The summed E-state index contributed by atoms with van der Waals surface area (Å²) >= 11 is 0. The van der Waals surface area contributed by atoms with Gasteiger partial charge in [0, 0.05) is 5.92 Å². The first-order valence-corrected chi connectivity index (χ1v) is 6.25. The van der Waals surface area contributed by atoms with Crippen LogP contribution in [0.5, 0.6) is 0 Å². The minimum atomic E-state index is -0.248. The number of Topliss-reactive ketones (excluding diaryl/α,β-unsaturated/α-hetero) is 1. The summed E-state index contributed by atoms with van der Waals surface area (Å²) in [5.41, 5.74) is 0. The van der Waals surface area contributed by atoms with Crippen molar-refractivity contribution in [3.63, 3.8) is 0 Å². The number of ketones is 1. The summed E-state index contributed by atoms with van der Waals surface area (Å²) in [5, 5.41) is 0. The van der Waals surface area contributed by atoms with E-state index in [0.29, 0.717) is 6.61 Å². The quantitative estimate of drug-likeness (QED) is 0.600. The van der Waals surface area contributed by atoms with E-state index in [2.05, 4.69) is 0 Å². The molecule has 3 heteroatoms. The van der Waals surface area contributed by atoms with Gasteiger partial charge >= 0.3 is 5.97 Å². The van der Waals surface area contributed by atoms with Gasteiger partial charge in [-0.1, -0.05) is 26.7 Å². The van der Waals surface area contributed by atoms with E-state index >= 15 is 0 Å². The lowest BCUT2D eigenvalue weighted by atomic mass is 9.83. The van der Waals surface area contributed by atoms with Crippen LogP contribution < -0.4 is 0 Å². The second kappa shape index (κ2) is 8.31. The highest BCUT2D eigenvalue weighted by Crippen LogP contribution is 2.25. The van der Waals surface area contributed by atoms with Crippen LogP contribution >= 0.6 is 0 Å². The Bertz CT molecular complexity index is 223. The molecule has 0 spiro atoms.